The van der Waals surface area contributed by atoms with Crippen molar-refractivity contribution in [1.82, 2.24) is 9.88 Å². The van der Waals surface area contributed by atoms with Gasteiger partial charge in [0.1, 0.15) is 10.7 Å². The molecule has 25 heavy (non-hydrogen) atoms. The zero-order chi connectivity index (χ0) is 18.0. The Bertz CT molecular complexity index is 801. The van der Waals surface area contributed by atoms with Crippen LogP contribution in [0.5, 0.6) is 0 Å². The van der Waals surface area contributed by atoms with E-state index in [0.717, 1.165) is 5.56 Å². The maximum absolute atomic E-state index is 12.6. The highest BCUT2D eigenvalue weighted by Gasteiger charge is 2.26. The van der Waals surface area contributed by atoms with E-state index in [2.05, 4.69) is 4.98 Å². The summed E-state index contributed by atoms with van der Waals surface area (Å²) < 4.78 is 0. The molecule has 0 atom stereocenters. The van der Waals surface area contributed by atoms with Gasteiger partial charge >= 0.3 is 5.97 Å². The van der Waals surface area contributed by atoms with E-state index in [0.29, 0.717) is 46.7 Å². The largest absolute Gasteiger partial charge is 0.481 e. The third-order valence-corrected chi connectivity index (χ3v) is 5.89. The van der Waals surface area contributed by atoms with Crippen molar-refractivity contribution >= 4 is 46.4 Å². The maximum atomic E-state index is 12.6. The van der Waals surface area contributed by atoms with Crippen molar-refractivity contribution in [1.29, 1.82) is 0 Å². The normalized spacial score (nSPS) is 15.4. The highest BCUT2D eigenvalue weighted by molar-refractivity contribution is 7.13. The van der Waals surface area contributed by atoms with Crippen LogP contribution >= 0.6 is 34.5 Å². The van der Waals surface area contributed by atoms with E-state index in [-0.39, 0.29) is 18.2 Å². The number of carboxylic acid groups (broad SMARTS) is 1. The zero-order valence-electron chi connectivity index (χ0n) is 13.2. The number of piperidine rings is 1. The van der Waals surface area contributed by atoms with Gasteiger partial charge in [0.15, 0.2) is 0 Å². The van der Waals surface area contributed by atoms with Crippen LogP contribution in [-0.2, 0) is 4.79 Å². The quantitative estimate of drug-likeness (QED) is 0.825. The molecular formula is C17H16Cl2N2O3S. The Labute approximate surface area is 159 Å². The molecule has 1 aromatic heterocycles. The van der Waals surface area contributed by atoms with E-state index in [1.807, 2.05) is 6.07 Å². The SMILES string of the molecule is O=C(O)CC1CCN(C(=O)c2csc(-c3ccc(Cl)c(Cl)c3)n2)CC1. The van der Waals surface area contributed by atoms with Crippen molar-refractivity contribution in [2.24, 2.45) is 5.92 Å². The summed E-state index contributed by atoms with van der Waals surface area (Å²) in [7, 11) is 0. The van der Waals surface area contributed by atoms with Gasteiger partial charge in [-0.2, -0.15) is 0 Å². The lowest BCUT2D eigenvalue weighted by molar-refractivity contribution is -0.138. The first-order valence-corrected chi connectivity index (χ1v) is 9.49. The number of rotatable bonds is 4. The molecule has 0 saturated carbocycles. The van der Waals surface area contributed by atoms with Gasteiger partial charge in [0.05, 0.1) is 10.0 Å². The van der Waals surface area contributed by atoms with Crippen LogP contribution in [0.4, 0.5) is 0 Å². The monoisotopic (exact) mass is 398 g/mol. The summed E-state index contributed by atoms with van der Waals surface area (Å²) in [6, 6.07) is 5.25. The van der Waals surface area contributed by atoms with E-state index in [9.17, 15) is 9.59 Å². The average molecular weight is 399 g/mol. The van der Waals surface area contributed by atoms with E-state index < -0.39 is 5.97 Å². The van der Waals surface area contributed by atoms with Crippen molar-refractivity contribution in [2.75, 3.05) is 13.1 Å². The van der Waals surface area contributed by atoms with Crippen molar-refractivity contribution in [3.8, 4) is 10.6 Å². The Morgan fingerprint density at radius 2 is 1.96 bits per heavy atom. The van der Waals surface area contributed by atoms with Crippen molar-refractivity contribution in [3.63, 3.8) is 0 Å². The minimum absolute atomic E-state index is 0.115. The van der Waals surface area contributed by atoms with E-state index in [4.69, 9.17) is 28.3 Å². The number of thiazole rings is 1. The molecule has 1 saturated heterocycles. The summed E-state index contributed by atoms with van der Waals surface area (Å²) in [5.41, 5.74) is 1.22. The number of carbonyl (C=O) groups is 2. The molecule has 3 rings (SSSR count). The molecule has 5 nitrogen and oxygen atoms in total. The summed E-state index contributed by atoms with van der Waals surface area (Å²) in [6.45, 7) is 1.13. The number of amides is 1. The van der Waals surface area contributed by atoms with Gasteiger partial charge in [-0.05, 0) is 30.9 Å². The molecule has 0 spiro atoms. The van der Waals surface area contributed by atoms with Crippen LogP contribution in [0, 0.1) is 5.92 Å². The Morgan fingerprint density at radius 1 is 1.24 bits per heavy atom. The first kappa shape index (κ1) is 18.2. The molecule has 1 N–H and O–H groups in total. The second kappa shape index (κ2) is 7.72. The molecule has 0 radical (unpaired) electrons. The molecule has 1 fully saturated rings. The molecule has 0 unspecified atom stereocenters. The predicted molar refractivity (Wildman–Crippen MR) is 98.5 cm³/mol. The molecule has 2 heterocycles. The average Bonchev–Trinajstić information content (AvgIpc) is 3.07. The van der Waals surface area contributed by atoms with E-state index in [1.165, 1.54) is 11.3 Å². The van der Waals surface area contributed by atoms with Crippen LogP contribution in [0.1, 0.15) is 29.8 Å². The Balaban J connectivity index is 1.67. The van der Waals surface area contributed by atoms with Gasteiger partial charge in [0.25, 0.3) is 5.91 Å². The lowest BCUT2D eigenvalue weighted by Crippen LogP contribution is -2.39. The summed E-state index contributed by atoms with van der Waals surface area (Å²) in [4.78, 5) is 29.5. The second-order valence-corrected chi connectivity index (χ2v) is 7.67. The molecular weight excluding hydrogens is 383 g/mol. The molecule has 1 aromatic carbocycles. The maximum Gasteiger partial charge on any atom is 0.303 e. The highest BCUT2D eigenvalue weighted by atomic mass is 35.5. The van der Waals surface area contributed by atoms with Crippen LogP contribution in [0.15, 0.2) is 23.6 Å². The first-order chi connectivity index (χ1) is 11.9. The number of halogens is 2. The molecule has 2 aromatic rings. The molecule has 132 valence electrons. The number of carbonyl (C=O) groups excluding carboxylic acids is 1. The number of hydrogen-bond donors (Lipinski definition) is 1. The number of hydrogen-bond acceptors (Lipinski definition) is 4. The second-order valence-electron chi connectivity index (χ2n) is 6.00. The predicted octanol–water partition coefficient (Wildman–Crippen LogP) is 4.44. The van der Waals surface area contributed by atoms with Crippen molar-refractivity contribution in [2.45, 2.75) is 19.3 Å². The number of nitrogens with zero attached hydrogens (tertiary/aromatic N) is 2. The number of aromatic nitrogens is 1. The third kappa shape index (κ3) is 4.32. The van der Waals surface area contributed by atoms with Gasteiger partial charge in [0.2, 0.25) is 0 Å². The third-order valence-electron chi connectivity index (χ3n) is 4.25. The minimum Gasteiger partial charge on any atom is -0.481 e. The Kier molecular flexibility index (Phi) is 5.61. The van der Waals surface area contributed by atoms with Gasteiger partial charge in [-0.1, -0.05) is 29.3 Å². The van der Waals surface area contributed by atoms with Gasteiger partial charge in [-0.3, -0.25) is 9.59 Å². The standard InChI is InChI=1S/C17H16Cl2N2O3S/c18-12-2-1-11(8-13(12)19)16-20-14(9-25-16)17(24)21-5-3-10(4-6-21)7-15(22)23/h1-2,8-10H,3-7H2,(H,22,23). The van der Waals surface area contributed by atoms with Gasteiger partial charge in [-0.25, -0.2) is 4.98 Å². The number of aliphatic carboxylic acids is 1. The fraction of sp³-hybridized carbons (Fsp3) is 0.353. The topological polar surface area (TPSA) is 70.5 Å². The smallest absolute Gasteiger partial charge is 0.303 e. The summed E-state index contributed by atoms with van der Waals surface area (Å²) in [6.07, 6.45) is 1.59. The molecule has 0 bridgehead atoms. The molecule has 1 amide bonds. The van der Waals surface area contributed by atoms with Crippen LogP contribution in [-0.4, -0.2) is 40.0 Å². The number of likely N-dealkylation sites (tertiary alicyclic amines) is 1. The van der Waals surface area contributed by atoms with Crippen LogP contribution < -0.4 is 0 Å². The first-order valence-electron chi connectivity index (χ1n) is 7.86. The van der Waals surface area contributed by atoms with Crippen molar-refractivity contribution in [3.05, 3.63) is 39.3 Å². The van der Waals surface area contributed by atoms with Gasteiger partial charge in [0, 0.05) is 30.5 Å². The molecule has 0 aliphatic carbocycles. The lowest BCUT2D eigenvalue weighted by atomic mass is 9.93. The summed E-state index contributed by atoms with van der Waals surface area (Å²) in [5.74, 6) is -0.754. The van der Waals surface area contributed by atoms with E-state index >= 15 is 0 Å². The van der Waals surface area contributed by atoms with Gasteiger partial charge in [-0.15, -0.1) is 11.3 Å². The highest BCUT2D eigenvalue weighted by Crippen LogP contribution is 2.31. The molecule has 1 aliphatic heterocycles. The molecule has 8 heteroatoms. The Hall–Kier alpha value is -1.63. The fourth-order valence-electron chi connectivity index (χ4n) is 2.88. The molecule has 1 aliphatic rings. The minimum atomic E-state index is -0.782. The van der Waals surface area contributed by atoms with Crippen LogP contribution in [0.2, 0.25) is 10.0 Å². The van der Waals surface area contributed by atoms with Crippen molar-refractivity contribution < 1.29 is 14.7 Å². The number of carboxylic acids is 1. The van der Waals surface area contributed by atoms with Crippen LogP contribution in [0.25, 0.3) is 10.6 Å². The van der Waals surface area contributed by atoms with Crippen LogP contribution in [0.3, 0.4) is 0 Å². The zero-order valence-corrected chi connectivity index (χ0v) is 15.6. The van der Waals surface area contributed by atoms with Gasteiger partial charge < -0.3 is 10.0 Å². The van der Waals surface area contributed by atoms with E-state index in [1.54, 1.807) is 22.4 Å². The fourth-order valence-corrected chi connectivity index (χ4v) is 3.97. The summed E-state index contributed by atoms with van der Waals surface area (Å²) in [5, 5.41) is 12.2. The Morgan fingerprint density at radius 3 is 2.60 bits per heavy atom. The lowest BCUT2D eigenvalue weighted by Gasteiger charge is -2.30. The number of benzene rings is 1. The summed E-state index contributed by atoms with van der Waals surface area (Å²) >= 11 is 13.3.